The normalized spacial score (nSPS) is 10.9. The van der Waals surface area contributed by atoms with Crippen LogP contribution in [-0.4, -0.2) is 10.8 Å². The lowest BCUT2D eigenvalue weighted by molar-refractivity contribution is 0.0992. The number of carbonyl (C=O) groups is 1. The predicted octanol–water partition coefficient (Wildman–Crippen LogP) is 5.09. The summed E-state index contributed by atoms with van der Waals surface area (Å²) in [6.07, 6.45) is 0.353. The smallest absolute Gasteiger partial charge is 0.170 e. The Hall–Kier alpha value is -0.790. The fourth-order valence-corrected chi connectivity index (χ4v) is 3.90. The Kier molecular flexibility index (Phi) is 4.18. The van der Waals surface area contributed by atoms with Gasteiger partial charge in [-0.3, -0.25) is 4.79 Å². The van der Waals surface area contributed by atoms with Crippen molar-refractivity contribution in [2.24, 2.45) is 0 Å². The van der Waals surface area contributed by atoms with Gasteiger partial charge in [0.2, 0.25) is 0 Å². The summed E-state index contributed by atoms with van der Waals surface area (Å²) in [5.74, 6) is 0.106. The van der Waals surface area contributed by atoms with Crippen molar-refractivity contribution >= 4 is 65.9 Å². The van der Waals surface area contributed by atoms with E-state index in [4.69, 9.17) is 0 Å². The number of thiazole rings is 1. The van der Waals surface area contributed by atoms with Crippen molar-refractivity contribution in [1.82, 2.24) is 4.98 Å². The van der Waals surface area contributed by atoms with Gasteiger partial charge in [0.1, 0.15) is 5.01 Å². The molecule has 2 nitrogen and oxygen atoms in total. The van der Waals surface area contributed by atoms with Crippen LogP contribution in [0.15, 0.2) is 46.9 Å². The molecule has 2 aromatic carbocycles. The van der Waals surface area contributed by atoms with Crippen LogP contribution in [0.2, 0.25) is 0 Å². The van der Waals surface area contributed by atoms with Gasteiger partial charge in [0.05, 0.1) is 16.6 Å². The van der Waals surface area contributed by atoms with Crippen molar-refractivity contribution in [3.63, 3.8) is 0 Å². The Morgan fingerprint density at radius 3 is 2.85 bits per heavy atom. The molecule has 0 aliphatic rings. The van der Waals surface area contributed by atoms with Crippen molar-refractivity contribution in [1.29, 1.82) is 0 Å². The first kappa shape index (κ1) is 14.2. The van der Waals surface area contributed by atoms with Crippen molar-refractivity contribution in [2.75, 3.05) is 0 Å². The minimum Gasteiger partial charge on any atom is -0.294 e. The topological polar surface area (TPSA) is 30.0 Å². The van der Waals surface area contributed by atoms with Crippen LogP contribution in [0.3, 0.4) is 0 Å². The second-order valence-corrected chi connectivity index (χ2v) is 7.49. The molecule has 3 rings (SSSR count). The number of fused-ring (bicyclic) bond motifs is 1. The number of hydrogen-bond donors (Lipinski definition) is 0. The molecule has 20 heavy (non-hydrogen) atoms. The van der Waals surface area contributed by atoms with Gasteiger partial charge in [-0.2, -0.15) is 0 Å². The SMILES string of the molecule is O=C(Cc1nc2ccccc2s1)c1cc(Br)ccc1I. The summed E-state index contributed by atoms with van der Waals surface area (Å²) < 4.78 is 3.02. The van der Waals surface area contributed by atoms with E-state index in [0.29, 0.717) is 6.42 Å². The predicted molar refractivity (Wildman–Crippen MR) is 94.5 cm³/mol. The van der Waals surface area contributed by atoms with Crippen molar-refractivity contribution in [3.8, 4) is 0 Å². The molecule has 0 atom stereocenters. The lowest BCUT2D eigenvalue weighted by Gasteiger charge is -2.03. The molecule has 5 heteroatoms. The second kappa shape index (κ2) is 5.91. The third kappa shape index (κ3) is 2.94. The van der Waals surface area contributed by atoms with Crippen LogP contribution >= 0.6 is 49.9 Å². The summed E-state index contributed by atoms with van der Waals surface area (Å²) in [4.78, 5) is 16.9. The number of ketones is 1. The molecule has 0 fully saturated rings. The first-order chi connectivity index (χ1) is 9.63. The monoisotopic (exact) mass is 457 g/mol. The number of nitrogens with zero attached hydrogens (tertiary/aromatic N) is 1. The zero-order chi connectivity index (χ0) is 14.1. The number of carbonyl (C=O) groups excluding carboxylic acids is 1. The molecule has 0 aliphatic heterocycles. The molecule has 0 spiro atoms. The van der Waals surface area contributed by atoms with E-state index in [1.165, 1.54) is 0 Å². The minimum absolute atomic E-state index is 0.106. The summed E-state index contributed by atoms with van der Waals surface area (Å²) in [5.41, 5.74) is 1.71. The average Bonchev–Trinajstić information content (AvgIpc) is 2.83. The molecular formula is C15H9BrINOS. The lowest BCUT2D eigenvalue weighted by atomic mass is 10.1. The highest BCUT2D eigenvalue weighted by molar-refractivity contribution is 14.1. The molecule has 0 saturated heterocycles. The third-order valence-corrected chi connectivity index (χ3v) is 5.35. The van der Waals surface area contributed by atoms with E-state index < -0.39 is 0 Å². The maximum Gasteiger partial charge on any atom is 0.170 e. The maximum absolute atomic E-state index is 12.4. The highest BCUT2D eigenvalue weighted by atomic mass is 127. The molecule has 0 N–H and O–H groups in total. The highest BCUT2D eigenvalue weighted by Gasteiger charge is 2.14. The van der Waals surface area contributed by atoms with E-state index in [1.807, 2.05) is 42.5 Å². The summed E-state index contributed by atoms with van der Waals surface area (Å²) in [5, 5.41) is 0.868. The first-order valence-electron chi connectivity index (χ1n) is 5.96. The molecule has 0 bridgehead atoms. The van der Waals surface area contributed by atoms with E-state index in [0.717, 1.165) is 28.8 Å². The van der Waals surface area contributed by atoms with Crippen LogP contribution in [0.25, 0.3) is 10.2 Å². The van der Waals surface area contributed by atoms with Crippen molar-refractivity contribution < 1.29 is 4.79 Å². The maximum atomic E-state index is 12.4. The number of hydrogen-bond acceptors (Lipinski definition) is 3. The van der Waals surface area contributed by atoms with Gasteiger partial charge in [-0.05, 0) is 52.9 Å². The van der Waals surface area contributed by atoms with Crippen LogP contribution < -0.4 is 0 Å². The third-order valence-electron chi connectivity index (χ3n) is 2.88. The van der Waals surface area contributed by atoms with Gasteiger partial charge in [-0.15, -0.1) is 11.3 Å². The number of aromatic nitrogens is 1. The van der Waals surface area contributed by atoms with Crippen molar-refractivity contribution in [2.45, 2.75) is 6.42 Å². The van der Waals surface area contributed by atoms with Crippen LogP contribution in [0.4, 0.5) is 0 Å². The van der Waals surface area contributed by atoms with Gasteiger partial charge < -0.3 is 0 Å². The van der Waals surface area contributed by atoms with E-state index in [1.54, 1.807) is 11.3 Å². The molecule has 0 saturated carbocycles. The summed E-state index contributed by atoms with van der Waals surface area (Å²) in [7, 11) is 0. The Balaban J connectivity index is 1.90. The van der Waals surface area contributed by atoms with Crippen LogP contribution in [0.1, 0.15) is 15.4 Å². The molecular weight excluding hydrogens is 449 g/mol. The van der Waals surface area contributed by atoms with Gasteiger partial charge in [0.25, 0.3) is 0 Å². The second-order valence-electron chi connectivity index (χ2n) is 4.30. The summed E-state index contributed by atoms with van der Waals surface area (Å²) in [6, 6.07) is 13.7. The summed E-state index contributed by atoms with van der Waals surface area (Å²) in [6.45, 7) is 0. The van der Waals surface area contributed by atoms with Gasteiger partial charge in [-0.1, -0.05) is 28.1 Å². The zero-order valence-electron chi connectivity index (χ0n) is 10.3. The molecule has 1 heterocycles. The molecule has 1 aromatic heterocycles. The Labute approximate surface area is 142 Å². The molecule has 0 aliphatic carbocycles. The Morgan fingerprint density at radius 2 is 2.05 bits per heavy atom. The Morgan fingerprint density at radius 1 is 1.25 bits per heavy atom. The first-order valence-corrected chi connectivity index (χ1v) is 8.65. The molecule has 0 unspecified atom stereocenters. The van der Waals surface area contributed by atoms with Crippen molar-refractivity contribution in [3.05, 3.63) is 61.1 Å². The number of halogens is 2. The zero-order valence-corrected chi connectivity index (χ0v) is 14.8. The van der Waals surface area contributed by atoms with Gasteiger partial charge >= 0.3 is 0 Å². The van der Waals surface area contributed by atoms with E-state index in [-0.39, 0.29) is 5.78 Å². The summed E-state index contributed by atoms with van der Waals surface area (Å²) >= 11 is 7.18. The average molecular weight is 458 g/mol. The largest absolute Gasteiger partial charge is 0.294 e. The van der Waals surface area contributed by atoms with E-state index >= 15 is 0 Å². The van der Waals surface area contributed by atoms with Gasteiger partial charge in [-0.25, -0.2) is 4.98 Å². The van der Waals surface area contributed by atoms with Crippen LogP contribution in [0, 0.1) is 3.57 Å². The van der Waals surface area contributed by atoms with Crippen LogP contribution in [0.5, 0.6) is 0 Å². The number of benzene rings is 2. The van der Waals surface area contributed by atoms with Gasteiger partial charge in [0, 0.05) is 13.6 Å². The molecule has 0 amide bonds. The van der Waals surface area contributed by atoms with Crippen LogP contribution in [-0.2, 0) is 6.42 Å². The van der Waals surface area contributed by atoms with E-state index in [2.05, 4.69) is 43.5 Å². The quantitative estimate of drug-likeness (QED) is 0.405. The fourth-order valence-electron chi connectivity index (χ4n) is 1.94. The molecule has 3 aromatic rings. The van der Waals surface area contributed by atoms with E-state index in [9.17, 15) is 4.79 Å². The molecule has 100 valence electrons. The van der Waals surface area contributed by atoms with Gasteiger partial charge in [0.15, 0.2) is 5.78 Å². The lowest BCUT2D eigenvalue weighted by Crippen LogP contribution is -2.05. The Bertz CT molecular complexity index is 766. The number of rotatable bonds is 3. The fraction of sp³-hybridized carbons (Fsp3) is 0.0667. The number of Topliss-reactive ketones (excluding diaryl/α,β-unsaturated/α-hetero) is 1. The standard InChI is InChI=1S/C15H9BrINOS/c16-9-5-6-11(17)10(7-9)13(19)8-15-18-12-3-1-2-4-14(12)20-15/h1-7H,8H2. The minimum atomic E-state index is 0.106. The highest BCUT2D eigenvalue weighted by Crippen LogP contribution is 2.24. The number of para-hydroxylation sites is 1. The molecule has 0 radical (unpaired) electrons.